The van der Waals surface area contributed by atoms with E-state index in [1.54, 1.807) is 0 Å². The van der Waals surface area contributed by atoms with Crippen molar-refractivity contribution in [3.8, 4) is 0 Å². The zero-order valence-electron chi connectivity index (χ0n) is 15.4. The topological polar surface area (TPSA) is 38.8 Å². The summed E-state index contributed by atoms with van der Waals surface area (Å²) < 4.78 is 10.6. The summed E-state index contributed by atoms with van der Waals surface area (Å²) >= 11 is 0. The third-order valence-corrected chi connectivity index (χ3v) is 4.03. The molecule has 0 bridgehead atoms. The Bertz CT molecular complexity index is 491. The standard InChI is InChI=1S/C15H19NO3.2C2H6/c1-10-3-4-12(5-11(10)2)15(17)19-14-6-16(7-14)13-8-18-9-13;2*1-2/h3-5,13-14H,6-9H2,1-2H3;2*1-2H3. The number of benzene rings is 1. The molecule has 0 N–H and O–H groups in total. The van der Waals surface area contributed by atoms with Gasteiger partial charge < -0.3 is 9.47 Å². The Morgan fingerprint density at radius 3 is 2.17 bits per heavy atom. The van der Waals surface area contributed by atoms with Gasteiger partial charge in [-0.25, -0.2) is 4.79 Å². The Kier molecular flexibility index (Phi) is 8.28. The van der Waals surface area contributed by atoms with Gasteiger partial charge in [0.1, 0.15) is 6.10 Å². The van der Waals surface area contributed by atoms with Crippen LogP contribution in [-0.4, -0.2) is 49.3 Å². The molecule has 0 unspecified atom stereocenters. The molecule has 0 saturated carbocycles. The fourth-order valence-electron chi connectivity index (χ4n) is 2.36. The average molecular weight is 321 g/mol. The highest BCUT2D eigenvalue weighted by Crippen LogP contribution is 2.21. The maximum atomic E-state index is 12.0. The fraction of sp³-hybridized carbons (Fsp3) is 0.632. The first-order valence-electron chi connectivity index (χ1n) is 8.73. The van der Waals surface area contributed by atoms with Gasteiger partial charge in [-0.2, -0.15) is 0 Å². The van der Waals surface area contributed by atoms with Crippen molar-refractivity contribution >= 4 is 5.97 Å². The summed E-state index contributed by atoms with van der Waals surface area (Å²) in [6.07, 6.45) is 0.0368. The summed E-state index contributed by atoms with van der Waals surface area (Å²) in [5.41, 5.74) is 2.96. The predicted molar refractivity (Wildman–Crippen MR) is 94.0 cm³/mol. The molecule has 0 amide bonds. The minimum absolute atomic E-state index is 0.0368. The number of likely N-dealkylation sites (tertiary alicyclic amines) is 1. The number of hydrogen-bond donors (Lipinski definition) is 0. The van der Waals surface area contributed by atoms with Crippen LogP contribution in [0.1, 0.15) is 49.2 Å². The molecule has 2 saturated heterocycles. The van der Waals surface area contributed by atoms with E-state index in [0.29, 0.717) is 11.6 Å². The van der Waals surface area contributed by atoms with Crippen LogP contribution in [0.3, 0.4) is 0 Å². The summed E-state index contributed by atoms with van der Waals surface area (Å²) in [6.45, 7) is 15.4. The fourth-order valence-corrected chi connectivity index (χ4v) is 2.36. The molecule has 4 heteroatoms. The van der Waals surface area contributed by atoms with Crippen LogP contribution in [0.5, 0.6) is 0 Å². The quantitative estimate of drug-likeness (QED) is 0.798. The third kappa shape index (κ3) is 5.05. The van der Waals surface area contributed by atoms with E-state index in [1.807, 2.05) is 59.7 Å². The summed E-state index contributed by atoms with van der Waals surface area (Å²) in [5, 5.41) is 0. The highest BCUT2D eigenvalue weighted by atomic mass is 16.5. The van der Waals surface area contributed by atoms with Crippen LogP contribution < -0.4 is 0 Å². The monoisotopic (exact) mass is 321 g/mol. The van der Waals surface area contributed by atoms with Crippen molar-refractivity contribution in [2.24, 2.45) is 0 Å². The smallest absolute Gasteiger partial charge is 0.338 e. The summed E-state index contributed by atoms with van der Waals surface area (Å²) in [6, 6.07) is 6.23. The van der Waals surface area contributed by atoms with Gasteiger partial charge in [-0.15, -0.1) is 0 Å². The lowest BCUT2D eigenvalue weighted by Crippen LogP contribution is -2.62. The number of aryl methyl sites for hydroxylation is 2. The molecular weight excluding hydrogens is 290 g/mol. The second-order valence-electron chi connectivity index (χ2n) is 5.47. The average Bonchev–Trinajstić information content (AvgIpc) is 2.50. The van der Waals surface area contributed by atoms with Crippen LogP contribution in [0.4, 0.5) is 0 Å². The SMILES string of the molecule is CC.CC.Cc1ccc(C(=O)OC2CN(C3COC3)C2)cc1C. The second kappa shape index (κ2) is 9.68. The van der Waals surface area contributed by atoms with Crippen LogP contribution in [0.15, 0.2) is 18.2 Å². The lowest BCUT2D eigenvalue weighted by Gasteiger charge is -2.46. The lowest BCUT2D eigenvalue weighted by atomic mass is 10.1. The van der Waals surface area contributed by atoms with Crippen molar-refractivity contribution in [3.05, 3.63) is 34.9 Å². The summed E-state index contributed by atoms with van der Waals surface area (Å²) in [4.78, 5) is 14.3. The van der Waals surface area contributed by atoms with Gasteiger partial charge >= 0.3 is 5.97 Å². The summed E-state index contributed by atoms with van der Waals surface area (Å²) in [5.74, 6) is -0.211. The molecule has 2 heterocycles. The van der Waals surface area contributed by atoms with Crippen LogP contribution >= 0.6 is 0 Å². The van der Waals surface area contributed by atoms with Gasteiger partial charge in [-0.05, 0) is 37.1 Å². The van der Waals surface area contributed by atoms with E-state index in [-0.39, 0.29) is 12.1 Å². The van der Waals surface area contributed by atoms with E-state index >= 15 is 0 Å². The number of hydrogen-bond acceptors (Lipinski definition) is 4. The maximum Gasteiger partial charge on any atom is 0.338 e. The molecule has 3 rings (SSSR count). The van der Waals surface area contributed by atoms with Gasteiger partial charge in [-0.1, -0.05) is 33.8 Å². The number of esters is 1. The first kappa shape index (κ1) is 19.7. The minimum atomic E-state index is -0.211. The molecule has 1 aromatic rings. The van der Waals surface area contributed by atoms with Crippen LogP contribution in [0, 0.1) is 13.8 Å². The Hall–Kier alpha value is -1.39. The van der Waals surface area contributed by atoms with Crippen LogP contribution in [0.25, 0.3) is 0 Å². The van der Waals surface area contributed by atoms with Crippen molar-refractivity contribution in [2.45, 2.75) is 53.7 Å². The molecule has 23 heavy (non-hydrogen) atoms. The van der Waals surface area contributed by atoms with Crippen molar-refractivity contribution in [3.63, 3.8) is 0 Å². The van der Waals surface area contributed by atoms with Gasteiger partial charge in [0.05, 0.1) is 24.8 Å². The molecule has 2 aliphatic rings. The number of carbonyl (C=O) groups excluding carboxylic acids is 1. The Labute approximate surface area is 140 Å². The molecule has 0 spiro atoms. The number of rotatable bonds is 3. The zero-order chi connectivity index (χ0) is 17.4. The van der Waals surface area contributed by atoms with E-state index < -0.39 is 0 Å². The van der Waals surface area contributed by atoms with Crippen molar-refractivity contribution in [1.29, 1.82) is 0 Å². The first-order valence-corrected chi connectivity index (χ1v) is 8.73. The highest BCUT2D eigenvalue weighted by molar-refractivity contribution is 5.89. The molecule has 2 fully saturated rings. The second-order valence-corrected chi connectivity index (χ2v) is 5.47. The van der Waals surface area contributed by atoms with Gasteiger partial charge in [0.2, 0.25) is 0 Å². The van der Waals surface area contributed by atoms with Gasteiger partial charge in [0.25, 0.3) is 0 Å². The molecule has 0 radical (unpaired) electrons. The first-order chi connectivity index (χ1) is 11.1. The maximum absolute atomic E-state index is 12.0. The molecule has 4 nitrogen and oxygen atoms in total. The molecule has 0 aliphatic carbocycles. The van der Waals surface area contributed by atoms with E-state index in [9.17, 15) is 4.79 Å². The Balaban J connectivity index is 0.000000615. The minimum Gasteiger partial charge on any atom is -0.456 e. The normalized spacial score (nSPS) is 17.7. The number of ether oxygens (including phenoxy) is 2. The van der Waals surface area contributed by atoms with Gasteiger partial charge in [0, 0.05) is 13.1 Å². The van der Waals surface area contributed by atoms with E-state index in [4.69, 9.17) is 9.47 Å². The molecule has 2 aliphatic heterocycles. The van der Waals surface area contributed by atoms with E-state index in [0.717, 1.165) is 31.9 Å². The van der Waals surface area contributed by atoms with Crippen LogP contribution in [0.2, 0.25) is 0 Å². The third-order valence-electron chi connectivity index (χ3n) is 4.03. The van der Waals surface area contributed by atoms with Crippen LogP contribution in [-0.2, 0) is 9.47 Å². The van der Waals surface area contributed by atoms with Gasteiger partial charge in [0.15, 0.2) is 0 Å². The Morgan fingerprint density at radius 1 is 1.09 bits per heavy atom. The molecule has 0 aromatic heterocycles. The largest absolute Gasteiger partial charge is 0.456 e. The van der Waals surface area contributed by atoms with Crippen molar-refractivity contribution in [1.82, 2.24) is 4.90 Å². The molecule has 1 aromatic carbocycles. The zero-order valence-corrected chi connectivity index (χ0v) is 15.4. The predicted octanol–water partition coefficient (Wildman–Crippen LogP) is 3.60. The lowest BCUT2D eigenvalue weighted by molar-refractivity contribution is -0.124. The van der Waals surface area contributed by atoms with E-state index in [1.165, 1.54) is 5.56 Å². The molecular formula is C19H31NO3. The number of nitrogens with zero attached hydrogens (tertiary/aromatic N) is 1. The number of carbonyl (C=O) groups is 1. The van der Waals surface area contributed by atoms with E-state index in [2.05, 4.69) is 4.90 Å². The van der Waals surface area contributed by atoms with Crippen molar-refractivity contribution < 1.29 is 14.3 Å². The molecule has 0 atom stereocenters. The highest BCUT2D eigenvalue weighted by Gasteiger charge is 2.37. The van der Waals surface area contributed by atoms with Crippen molar-refractivity contribution in [2.75, 3.05) is 26.3 Å². The Morgan fingerprint density at radius 2 is 1.70 bits per heavy atom. The van der Waals surface area contributed by atoms with Gasteiger partial charge in [-0.3, -0.25) is 4.90 Å². The molecule has 130 valence electrons. The summed E-state index contributed by atoms with van der Waals surface area (Å²) in [7, 11) is 0.